The molecular weight excluding hydrogens is 258 g/mol. The molecule has 0 aromatic carbocycles. The first-order chi connectivity index (χ1) is 9.10. The molecule has 1 atom stereocenters. The first-order valence-corrected chi connectivity index (χ1v) is 5.44. The number of nitrogens with zero attached hydrogens (tertiary/aromatic N) is 2. The molecule has 19 heavy (non-hydrogen) atoms. The van der Waals surface area contributed by atoms with E-state index >= 15 is 0 Å². The number of nitrogens with two attached hydrogens (primary N) is 2. The van der Waals surface area contributed by atoms with Crippen LogP contribution in [0.1, 0.15) is 0 Å². The van der Waals surface area contributed by atoms with E-state index in [-0.39, 0.29) is 18.5 Å². The van der Waals surface area contributed by atoms with Gasteiger partial charge in [-0.3, -0.25) is 5.43 Å². The van der Waals surface area contributed by atoms with Gasteiger partial charge in [-0.1, -0.05) is 0 Å². The summed E-state index contributed by atoms with van der Waals surface area (Å²) in [5.74, 6) is 0.593. The molecule has 2 aliphatic rings. The topological polar surface area (TPSA) is 125 Å². The minimum Gasteiger partial charge on any atom is -0.383 e. The van der Waals surface area contributed by atoms with Crippen molar-refractivity contribution in [1.82, 2.24) is 21.4 Å². The number of nitrogens with one attached hydrogen (secondary N) is 4. The average Bonchev–Trinajstić information content (AvgIpc) is 2.83. The van der Waals surface area contributed by atoms with E-state index in [9.17, 15) is 8.78 Å². The summed E-state index contributed by atoms with van der Waals surface area (Å²) in [6.45, 7) is -2.63. The zero-order valence-electron chi connectivity index (χ0n) is 9.82. The van der Waals surface area contributed by atoms with E-state index in [0.29, 0.717) is 11.7 Å². The Kier molecular flexibility index (Phi) is 3.80. The first kappa shape index (κ1) is 13.1. The van der Waals surface area contributed by atoms with Gasteiger partial charge in [-0.25, -0.2) is 0 Å². The van der Waals surface area contributed by atoms with Gasteiger partial charge < -0.3 is 27.4 Å². The van der Waals surface area contributed by atoms with Crippen LogP contribution in [0.25, 0.3) is 0 Å². The second-order valence-corrected chi connectivity index (χ2v) is 3.73. The Morgan fingerprint density at radius 2 is 2.37 bits per heavy atom. The predicted octanol–water partition coefficient (Wildman–Crippen LogP) is -1.77. The highest BCUT2D eigenvalue weighted by molar-refractivity contribution is 5.91. The SMILES string of the molecule is NC/C(=C\NC(F)F)NC1=NC(N)=C2C=NNC2N1. The van der Waals surface area contributed by atoms with Crippen LogP contribution in [0, 0.1) is 0 Å². The van der Waals surface area contributed by atoms with Gasteiger partial charge in [0.15, 0.2) is 0 Å². The second-order valence-electron chi connectivity index (χ2n) is 3.73. The summed E-state index contributed by atoms with van der Waals surface area (Å²) < 4.78 is 24.0. The Bertz CT molecular complexity index is 467. The van der Waals surface area contributed by atoms with Crippen LogP contribution in [0.2, 0.25) is 0 Å². The van der Waals surface area contributed by atoms with Crippen molar-refractivity contribution in [3.63, 3.8) is 0 Å². The number of guanidine groups is 1. The third-order valence-corrected chi connectivity index (χ3v) is 2.41. The summed E-state index contributed by atoms with van der Waals surface area (Å²) >= 11 is 0. The Hall–Kier alpha value is -2.36. The standard InChI is InChI=1S/C9H14F2N8/c10-8(11)14-2-4(1-12)16-9-17-6(13)5-3-15-19-7(5)18-9/h2-3,7-8,14,19H,1,12-13H2,(H2,16,17,18)/b4-2+. The molecule has 0 aromatic heterocycles. The van der Waals surface area contributed by atoms with Crippen LogP contribution < -0.4 is 32.8 Å². The van der Waals surface area contributed by atoms with Crippen LogP contribution in [-0.2, 0) is 0 Å². The van der Waals surface area contributed by atoms with Crippen LogP contribution in [0.15, 0.2) is 33.4 Å². The smallest absolute Gasteiger partial charge is 0.312 e. The summed E-state index contributed by atoms with van der Waals surface area (Å²) in [7, 11) is 0. The minimum atomic E-state index is -2.66. The van der Waals surface area contributed by atoms with Crippen LogP contribution in [-0.4, -0.2) is 31.4 Å². The largest absolute Gasteiger partial charge is 0.383 e. The zero-order valence-corrected chi connectivity index (χ0v) is 9.82. The van der Waals surface area contributed by atoms with Crippen molar-refractivity contribution >= 4 is 12.2 Å². The molecule has 1 unspecified atom stereocenters. The number of aliphatic imine (C=N–C) groups is 1. The number of rotatable bonds is 4. The van der Waals surface area contributed by atoms with Gasteiger partial charge >= 0.3 is 6.55 Å². The fourth-order valence-corrected chi connectivity index (χ4v) is 1.53. The van der Waals surface area contributed by atoms with Gasteiger partial charge in [-0.05, 0) is 0 Å². The summed E-state index contributed by atoms with van der Waals surface area (Å²) in [4.78, 5) is 4.05. The van der Waals surface area contributed by atoms with Crippen molar-refractivity contribution in [3.05, 3.63) is 23.3 Å². The third-order valence-electron chi connectivity index (χ3n) is 2.41. The van der Waals surface area contributed by atoms with Crippen molar-refractivity contribution in [2.75, 3.05) is 6.54 Å². The van der Waals surface area contributed by atoms with E-state index in [0.717, 1.165) is 11.8 Å². The van der Waals surface area contributed by atoms with E-state index in [4.69, 9.17) is 11.5 Å². The summed E-state index contributed by atoms with van der Waals surface area (Å²) in [6, 6.07) is 0. The van der Waals surface area contributed by atoms with Crippen molar-refractivity contribution in [2.45, 2.75) is 12.7 Å². The zero-order chi connectivity index (χ0) is 13.8. The quantitative estimate of drug-likeness (QED) is 0.337. The maximum Gasteiger partial charge on any atom is 0.312 e. The van der Waals surface area contributed by atoms with Crippen LogP contribution in [0.5, 0.6) is 0 Å². The van der Waals surface area contributed by atoms with Crippen molar-refractivity contribution in [1.29, 1.82) is 0 Å². The lowest BCUT2D eigenvalue weighted by Crippen LogP contribution is -2.51. The summed E-state index contributed by atoms with van der Waals surface area (Å²) in [5.41, 5.74) is 15.0. The van der Waals surface area contributed by atoms with Gasteiger partial charge in [0.25, 0.3) is 0 Å². The molecule has 0 amide bonds. The number of fused-ring (bicyclic) bond motifs is 1. The maximum absolute atomic E-state index is 12.0. The van der Waals surface area contributed by atoms with E-state index in [1.807, 2.05) is 5.32 Å². The fourth-order valence-electron chi connectivity index (χ4n) is 1.53. The predicted molar refractivity (Wildman–Crippen MR) is 66.6 cm³/mol. The lowest BCUT2D eigenvalue weighted by molar-refractivity contribution is 0.125. The molecule has 10 heteroatoms. The highest BCUT2D eigenvalue weighted by Gasteiger charge is 2.25. The summed E-state index contributed by atoms with van der Waals surface area (Å²) in [6.07, 6.45) is 2.36. The van der Waals surface area contributed by atoms with E-state index in [1.54, 1.807) is 6.21 Å². The molecule has 0 spiro atoms. The molecule has 0 fully saturated rings. The number of hydrazone groups is 1. The number of hydrogen-bond acceptors (Lipinski definition) is 8. The third kappa shape index (κ3) is 3.10. The molecule has 0 aliphatic carbocycles. The first-order valence-electron chi connectivity index (χ1n) is 5.44. The molecule has 104 valence electrons. The van der Waals surface area contributed by atoms with Gasteiger partial charge in [0, 0.05) is 18.4 Å². The van der Waals surface area contributed by atoms with Crippen molar-refractivity contribution in [3.8, 4) is 0 Å². The molecule has 0 radical (unpaired) electrons. The average molecular weight is 272 g/mol. The lowest BCUT2D eigenvalue weighted by atomic mass is 10.2. The molecule has 8 N–H and O–H groups in total. The van der Waals surface area contributed by atoms with E-state index < -0.39 is 6.55 Å². The molecule has 0 bridgehead atoms. The minimum absolute atomic E-state index is 0.0332. The Morgan fingerprint density at radius 3 is 3.05 bits per heavy atom. The number of alkyl halides is 2. The van der Waals surface area contributed by atoms with Gasteiger partial charge in [-0.15, -0.1) is 0 Å². The van der Waals surface area contributed by atoms with Crippen molar-refractivity contribution < 1.29 is 8.78 Å². The van der Waals surface area contributed by atoms with Gasteiger partial charge in [0.2, 0.25) is 5.96 Å². The summed E-state index contributed by atoms with van der Waals surface area (Å²) in [5, 5.41) is 11.4. The van der Waals surface area contributed by atoms with Crippen molar-refractivity contribution in [2.24, 2.45) is 21.6 Å². The lowest BCUT2D eigenvalue weighted by Gasteiger charge is -2.23. The van der Waals surface area contributed by atoms with E-state index in [2.05, 4.69) is 26.2 Å². The number of hydrogen-bond donors (Lipinski definition) is 6. The van der Waals surface area contributed by atoms with Crippen LogP contribution >= 0.6 is 0 Å². The molecular formula is C9H14F2N8. The normalized spacial score (nSPS) is 21.8. The van der Waals surface area contributed by atoms with Crippen LogP contribution in [0.4, 0.5) is 8.78 Å². The Morgan fingerprint density at radius 1 is 1.58 bits per heavy atom. The maximum atomic E-state index is 12.0. The highest BCUT2D eigenvalue weighted by Crippen LogP contribution is 2.11. The molecule has 0 saturated carbocycles. The number of halogens is 2. The highest BCUT2D eigenvalue weighted by atomic mass is 19.3. The molecule has 0 aromatic rings. The molecule has 2 rings (SSSR count). The molecule has 0 saturated heterocycles. The van der Waals surface area contributed by atoms with Gasteiger partial charge in [-0.2, -0.15) is 18.9 Å². The Labute approximate surface area is 107 Å². The van der Waals surface area contributed by atoms with Gasteiger partial charge in [0.05, 0.1) is 11.8 Å². The van der Waals surface area contributed by atoms with Gasteiger partial charge in [0.1, 0.15) is 12.0 Å². The fraction of sp³-hybridized carbons (Fsp3) is 0.333. The molecule has 8 nitrogen and oxygen atoms in total. The molecule has 2 aliphatic heterocycles. The monoisotopic (exact) mass is 272 g/mol. The van der Waals surface area contributed by atoms with Crippen LogP contribution in [0.3, 0.4) is 0 Å². The Balaban J connectivity index is 2.05. The molecule has 2 heterocycles. The van der Waals surface area contributed by atoms with E-state index in [1.165, 1.54) is 0 Å². The second kappa shape index (κ2) is 5.52.